The molecule has 1 amide bonds. The Morgan fingerprint density at radius 2 is 1.32 bits per heavy atom. The molecule has 11 nitrogen and oxygen atoms in total. The number of nitrogens with one attached hydrogen (secondary N) is 1. The summed E-state index contributed by atoms with van der Waals surface area (Å²) in [4.78, 5) is 30.7. The van der Waals surface area contributed by atoms with Crippen LogP contribution in [0.5, 0.6) is 11.5 Å². The number of carbonyl (C=O) groups excluding carboxylic acids is 1. The Morgan fingerprint density at radius 1 is 0.768 bits per heavy atom. The van der Waals surface area contributed by atoms with Gasteiger partial charge in [0.15, 0.2) is 0 Å². The lowest BCUT2D eigenvalue weighted by molar-refractivity contribution is -0.118. The lowest BCUT2D eigenvalue weighted by atomic mass is 9.80. The summed E-state index contributed by atoms with van der Waals surface area (Å²) in [5.41, 5.74) is 2.39. The molecule has 1 aliphatic heterocycles. The molecule has 1 unspecified atom stereocenters. The van der Waals surface area contributed by atoms with Gasteiger partial charge in [0.2, 0.25) is 5.91 Å². The second kappa shape index (κ2) is 22.2. The third-order valence-corrected chi connectivity index (χ3v) is 15.6. The molecule has 4 atom stereocenters. The lowest BCUT2D eigenvalue weighted by Crippen LogP contribution is -2.39. The first-order valence-electron chi connectivity index (χ1n) is 24.1. The number of hydrogen-bond acceptors (Lipinski definition) is 9. The van der Waals surface area contributed by atoms with Crippen molar-refractivity contribution >= 4 is 41.6 Å². The van der Waals surface area contributed by atoms with Gasteiger partial charge in [0.05, 0.1) is 26.9 Å². The molecule has 8 rings (SSSR count). The minimum absolute atomic E-state index is 0.105. The van der Waals surface area contributed by atoms with E-state index in [-0.39, 0.29) is 36.3 Å². The third-order valence-electron chi connectivity index (χ3n) is 13.0. The zero-order valence-electron chi connectivity index (χ0n) is 41.0. The second-order valence-electron chi connectivity index (χ2n) is 18.5. The molecule has 7 aromatic rings. The summed E-state index contributed by atoms with van der Waals surface area (Å²) < 4.78 is 37.2. The van der Waals surface area contributed by atoms with Gasteiger partial charge in [0.1, 0.15) is 43.5 Å². The Labute approximate surface area is 407 Å². The fourth-order valence-electron chi connectivity index (χ4n) is 9.64. The van der Waals surface area contributed by atoms with Gasteiger partial charge in [-0.25, -0.2) is 4.79 Å². The van der Waals surface area contributed by atoms with E-state index in [9.17, 15) is 9.59 Å². The number of carbonyl (C=O) groups is 1. The van der Waals surface area contributed by atoms with Crippen molar-refractivity contribution in [3.63, 3.8) is 0 Å². The van der Waals surface area contributed by atoms with Crippen molar-refractivity contribution in [3.05, 3.63) is 178 Å². The molecule has 6 aromatic carbocycles. The average molecular weight is 949 g/mol. The number of methoxy groups -OCH3 is 2. The molecule has 1 aromatic heterocycles. The highest BCUT2D eigenvalue weighted by atomic mass is 31.2. The zero-order chi connectivity index (χ0) is 48.7. The van der Waals surface area contributed by atoms with Crippen LogP contribution in [0.2, 0.25) is 0 Å². The quantitative estimate of drug-likeness (QED) is 0.0453. The number of aromatic nitrogens is 2. The van der Waals surface area contributed by atoms with Gasteiger partial charge < -0.3 is 28.8 Å². The van der Waals surface area contributed by atoms with E-state index in [0.29, 0.717) is 6.42 Å². The topological polar surface area (TPSA) is 113 Å². The molecule has 2 heterocycles. The van der Waals surface area contributed by atoms with Gasteiger partial charge in [0.25, 0.3) is 0 Å². The van der Waals surface area contributed by atoms with Gasteiger partial charge in [0, 0.05) is 36.8 Å². The van der Waals surface area contributed by atoms with E-state index in [1.54, 1.807) is 40.3 Å². The van der Waals surface area contributed by atoms with Crippen molar-refractivity contribution in [1.82, 2.24) is 14.2 Å². The number of rotatable bonds is 20. The summed E-state index contributed by atoms with van der Waals surface area (Å²) in [6.07, 6.45) is 2.79. The Hall–Kier alpha value is -5.94. The molecule has 1 aliphatic rings. The van der Waals surface area contributed by atoms with Gasteiger partial charge >= 0.3 is 5.69 Å². The van der Waals surface area contributed by atoms with Crippen LogP contribution in [0.25, 0.3) is 21.5 Å². The maximum atomic E-state index is 13.9. The number of hydrogen-bond donors (Lipinski definition) is 1. The van der Waals surface area contributed by atoms with Gasteiger partial charge in [-0.15, -0.1) is 0 Å². The summed E-state index contributed by atoms with van der Waals surface area (Å²) in [5.74, 6) is 1.14. The summed E-state index contributed by atoms with van der Waals surface area (Å²) in [5, 5.41) is 7.79. The average Bonchev–Trinajstić information content (AvgIpc) is 3.75. The van der Waals surface area contributed by atoms with Crippen molar-refractivity contribution in [2.75, 3.05) is 32.3 Å². The van der Waals surface area contributed by atoms with Crippen LogP contribution in [0.1, 0.15) is 82.9 Å². The molecule has 1 saturated heterocycles. The van der Waals surface area contributed by atoms with Crippen LogP contribution in [-0.2, 0) is 30.8 Å². The van der Waals surface area contributed by atoms with Crippen molar-refractivity contribution in [2.24, 2.45) is 5.92 Å². The first-order valence-corrected chi connectivity index (χ1v) is 25.5. The van der Waals surface area contributed by atoms with Gasteiger partial charge in [-0.05, 0) is 121 Å². The minimum Gasteiger partial charge on any atom is -0.497 e. The molecule has 360 valence electrons. The van der Waals surface area contributed by atoms with Crippen LogP contribution in [-0.4, -0.2) is 71.4 Å². The van der Waals surface area contributed by atoms with Crippen LogP contribution >= 0.6 is 8.30 Å². The normalized spacial score (nSPS) is 16.8. The predicted octanol–water partition coefficient (Wildman–Crippen LogP) is 11.9. The molecular formula is C57H65N4O7P. The maximum absolute atomic E-state index is 13.9. The molecule has 12 heteroatoms. The fraction of sp³-hybridized carbons (Fsp3) is 0.351. The number of nitrogens with zero attached hydrogens (tertiary/aromatic N) is 3. The first kappa shape index (κ1) is 49.5. The summed E-state index contributed by atoms with van der Waals surface area (Å²) >= 11 is 0. The van der Waals surface area contributed by atoms with Gasteiger partial charge in [-0.3, -0.25) is 14.0 Å². The van der Waals surface area contributed by atoms with Gasteiger partial charge in [-0.1, -0.05) is 117 Å². The van der Waals surface area contributed by atoms with E-state index >= 15 is 0 Å². The number of benzene rings is 6. The maximum Gasteiger partial charge on any atom is 0.351 e. The first-order chi connectivity index (χ1) is 33.4. The Morgan fingerprint density at radius 3 is 1.86 bits per heavy atom. The standard InChI is InChI=1S/C57H65N4O7P/c1-38(2)55(62)58-53-32-33-60(56(63)59-53)54-36-51(68-69(61(39(3)4)40(5)6)34-16-23-50-48-21-14-12-17-41(48)35-42-18-13-15-22-49(42)50)52(67-54)37-66-57(43-19-10-9-11-20-43,44-24-28-46(64-7)29-25-44)45-26-30-47(65-8)31-27-45/h9-15,17-22,24-33,35,38-40,51-52,54H,16,23,34,36-37H2,1-8H3,(H,58,59,62,63)/t51-,52+,54+,69?/m0/s1. The largest absolute Gasteiger partial charge is 0.497 e. The summed E-state index contributed by atoms with van der Waals surface area (Å²) in [6.45, 7) is 12.6. The molecule has 0 saturated carbocycles. The van der Waals surface area contributed by atoms with Crippen molar-refractivity contribution in [1.29, 1.82) is 0 Å². The smallest absolute Gasteiger partial charge is 0.351 e. The van der Waals surface area contributed by atoms with Crippen LogP contribution in [0.15, 0.2) is 151 Å². The van der Waals surface area contributed by atoms with E-state index in [1.165, 1.54) is 31.7 Å². The Bertz CT molecular complexity index is 2760. The van der Waals surface area contributed by atoms with E-state index in [1.807, 2.05) is 66.7 Å². The minimum atomic E-state index is -1.20. The number of aryl methyl sites for hydroxylation is 1. The molecule has 69 heavy (non-hydrogen) atoms. The number of amides is 1. The van der Waals surface area contributed by atoms with Gasteiger partial charge in [-0.2, -0.15) is 4.98 Å². The zero-order valence-corrected chi connectivity index (χ0v) is 41.9. The highest BCUT2D eigenvalue weighted by Crippen LogP contribution is 2.51. The summed E-state index contributed by atoms with van der Waals surface area (Å²) in [6, 6.07) is 47.8. The summed E-state index contributed by atoms with van der Waals surface area (Å²) in [7, 11) is 2.11. The molecular weight excluding hydrogens is 884 g/mol. The fourth-order valence-corrected chi connectivity index (χ4v) is 12.1. The third kappa shape index (κ3) is 10.9. The number of ether oxygens (including phenoxy) is 4. The Kier molecular flexibility index (Phi) is 15.9. The van der Waals surface area contributed by atoms with Crippen molar-refractivity contribution in [3.8, 4) is 11.5 Å². The van der Waals surface area contributed by atoms with Crippen LogP contribution in [0.3, 0.4) is 0 Å². The van der Waals surface area contributed by atoms with Crippen LogP contribution < -0.4 is 20.5 Å². The SMILES string of the molecule is COc1ccc(C(OC[C@H]2O[C@@H](n3ccc(NC(=O)C(C)C)nc3=O)C[C@@H]2OP(CCCc2c3ccccc3cc3ccccc23)N(C(C)C)C(C)C)(c2ccccc2)c2ccc(OC)cc2)cc1. The molecule has 1 N–H and O–H groups in total. The van der Waals surface area contributed by atoms with Crippen LogP contribution in [0, 0.1) is 5.92 Å². The number of fused-ring (bicyclic) bond motifs is 2. The highest BCUT2D eigenvalue weighted by Gasteiger charge is 2.44. The van der Waals surface area contributed by atoms with E-state index in [2.05, 4.69) is 109 Å². The molecule has 0 radical (unpaired) electrons. The molecule has 0 bridgehead atoms. The van der Waals surface area contributed by atoms with E-state index in [0.717, 1.165) is 47.2 Å². The molecule has 1 fully saturated rings. The molecule has 0 aliphatic carbocycles. The van der Waals surface area contributed by atoms with E-state index in [4.69, 9.17) is 23.5 Å². The molecule has 0 spiro atoms. The second-order valence-corrected chi connectivity index (χ2v) is 20.3. The van der Waals surface area contributed by atoms with Crippen molar-refractivity contribution < 1.29 is 28.3 Å². The Balaban J connectivity index is 1.17. The monoisotopic (exact) mass is 948 g/mol. The van der Waals surface area contributed by atoms with Crippen LogP contribution in [0.4, 0.5) is 5.82 Å². The van der Waals surface area contributed by atoms with Crippen molar-refractivity contribution in [2.45, 2.75) is 96.9 Å². The highest BCUT2D eigenvalue weighted by molar-refractivity contribution is 7.50. The number of anilines is 1. The lowest BCUT2D eigenvalue weighted by Gasteiger charge is -2.40. The van der Waals surface area contributed by atoms with E-state index < -0.39 is 38.0 Å². The predicted molar refractivity (Wildman–Crippen MR) is 277 cm³/mol.